The van der Waals surface area contributed by atoms with Gasteiger partial charge in [0.05, 0.1) is 0 Å². The summed E-state index contributed by atoms with van der Waals surface area (Å²) >= 11 is 0. The molecule has 0 aliphatic carbocycles. The highest BCUT2D eigenvalue weighted by molar-refractivity contribution is 4.79. The number of rotatable bonds is 16. The van der Waals surface area contributed by atoms with Crippen LogP contribution in [0.3, 0.4) is 0 Å². The average molecular weight is 477 g/mol. The molecule has 0 nitrogen and oxygen atoms in total. The fraction of sp³-hybridized carbons (Fsp3) is 0.706. The second-order valence-corrected chi connectivity index (χ2v) is 8.24. The molecule has 0 heteroatoms. The van der Waals surface area contributed by atoms with Gasteiger partial charge in [-0.2, -0.15) is 0 Å². The lowest BCUT2D eigenvalue weighted by atomic mass is 10.2. The summed E-state index contributed by atoms with van der Waals surface area (Å²) in [6.07, 6.45) is 37.4. The van der Waals surface area contributed by atoms with Gasteiger partial charge in [0.1, 0.15) is 0 Å². The summed E-state index contributed by atoms with van der Waals surface area (Å²) in [5.41, 5.74) is 0. The monoisotopic (exact) mass is 477 g/mol. The van der Waals surface area contributed by atoms with Crippen LogP contribution in [0.15, 0.2) is 61.8 Å². The third-order valence-electron chi connectivity index (χ3n) is 4.48. The molecule has 0 rings (SSSR count). The summed E-state index contributed by atoms with van der Waals surface area (Å²) in [4.78, 5) is 0. The number of hydrogen-bond acceptors (Lipinski definition) is 0. The third-order valence-corrected chi connectivity index (χ3v) is 4.48. The molecule has 0 amide bonds. The van der Waals surface area contributed by atoms with Crippen molar-refractivity contribution >= 4 is 0 Å². The number of hydrogen-bond donors (Lipinski definition) is 0. The van der Waals surface area contributed by atoms with E-state index in [1.165, 1.54) is 103 Å². The van der Waals surface area contributed by atoms with Crippen LogP contribution in [0.4, 0.5) is 0 Å². The van der Waals surface area contributed by atoms with Crippen molar-refractivity contribution in [3.63, 3.8) is 0 Å². The Bertz CT molecular complexity index is 349. The van der Waals surface area contributed by atoms with Crippen LogP contribution in [0.25, 0.3) is 0 Å². The topological polar surface area (TPSA) is 0 Å². The summed E-state index contributed by atoms with van der Waals surface area (Å²) in [5, 5.41) is 0. The fourth-order valence-corrected chi connectivity index (χ4v) is 2.35. The molecule has 0 fully saturated rings. The van der Waals surface area contributed by atoms with Crippen LogP contribution >= 0.6 is 0 Å². The maximum absolute atomic E-state index is 3.63. The quantitative estimate of drug-likeness (QED) is 0.153. The van der Waals surface area contributed by atoms with Crippen molar-refractivity contribution in [2.45, 2.75) is 158 Å². The highest BCUT2D eigenvalue weighted by atomic mass is 13.8. The van der Waals surface area contributed by atoms with Gasteiger partial charge >= 0.3 is 0 Å². The first kappa shape index (κ1) is 42.8. The smallest absolute Gasteiger partial charge is 0.0351 e. The fourth-order valence-electron chi connectivity index (χ4n) is 2.35. The largest absolute Gasteiger partial charge is 0.103 e. The Hall–Kier alpha value is -1.30. The molecule has 0 aromatic heterocycles. The van der Waals surface area contributed by atoms with Crippen LogP contribution in [-0.4, -0.2) is 0 Å². The van der Waals surface area contributed by atoms with Gasteiger partial charge in [-0.1, -0.05) is 142 Å². The van der Waals surface area contributed by atoms with Crippen molar-refractivity contribution in [1.29, 1.82) is 0 Å². The molecular formula is C34H68. The molecule has 0 saturated carbocycles. The Labute approximate surface area is 219 Å². The lowest BCUT2D eigenvalue weighted by Crippen LogP contribution is -1.67. The molecule has 0 atom stereocenters. The van der Waals surface area contributed by atoms with Crippen molar-refractivity contribution < 1.29 is 0 Å². The van der Waals surface area contributed by atoms with E-state index >= 15 is 0 Å². The van der Waals surface area contributed by atoms with E-state index in [9.17, 15) is 0 Å². The van der Waals surface area contributed by atoms with E-state index in [0.29, 0.717) is 0 Å². The molecule has 0 heterocycles. The Morgan fingerprint density at radius 2 is 0.824 bits per heavy atom. The first-order valence-corrected chi connectivity index (χ1v) is 14.7. The molecule has 204 valence electrons. The van der Waals surface area contributed by atoms with Gasteiger partial charge in [0.15, 0.2) is 0 Å². The molecule has 0 saturated heterocycles. The highest BCUT2D eigenvalue weighted by Gasteiger charge is 1.78. The predicted molar refractivity (Wildman–Crippen MR) is 167 cm³/mol. The van der Waals surface area contributed by atoms with Gasteiger partial charge in [-0.05, 0) is 64.7 Å². The minimum absolute atomic E-state index is 1.17. The first-order chi connectivity index (χ1) is 16.6. The van der Waals surface area contributed by atoms with Gasteiger partial charge in [-0.3, -0.25) is 0 Å². The Balaban J connectivity index is -0.000000103. The van der Waals surface area contributed by atoms with Crippen LogP contribution in [0.1, 0.15) is 158 Å². The summed E-state index contributed by atoms with van der Waals surface area (Å²) in [7, 11) is 0. The maximum atomic E-state index is 3.63. The Kier molecular flexibility index (Phi) is 73.0. The summed E-state index contributed by atoms with van der Waals surface area (Å²) in [6, 6.07) is 0. The lowest BCUT2D eigenvalue weighted by Gasteiger charge is -1.87. The molecule has 0 N–H and O–H groups in total. The molecule has 0 unspecified atom stereocenters. The summed E-state index contributed by atoms with van der Waals surface area (Å²) in [6.45, 7) is 24.6. The molecule has 34 heavy (non-hydrogen) atoms. The van der Waals surface area contributed by atoms with Crippen LogP contribution in [0, 0.1) is 0 Å². The van der Waals surface area contributed by atoms with Gasteiger partial charge in [0, 0.05) is 0 Å². The van der Waals surface area contributed by atoms with Gasteiger partial charge in [-0.15, -0.1) is 13.2 Å². The van der Waals surface area contributed by atoms with E-state index in [4.69, 9.17) is 0 Å². The van der Waals surface area contributed by atoms with E-state index in [2.05, 4.69) is 105 Å². The first-order valence-electron chi connectivity index (χ1n) is 14.7. The second kappa shape index (κ2) is 58.0. The van der Waals surface area contributed by atoms with Crippen LogP contribution in [-0.2, 0) is 0 Å². The number of allylic oxidation sites excluding steroid dienone is 8. The summed E-state index contributed by atoms with van der Waals surface area (Å²) < 4.78 is 0. The van der Waals surface area contributed by atoms with Crippen LogP contribution in [0.5, 0.6) is 0 Å². The van der Waals surface area contributed by atoms with Crippen molar-refractivity contribution in [3.05, 3.63) is 61.8 Å². The Morgan fingerprint density at radius 3 is 1.12 bits per heavy atom. The van der Waals surface area contributed by atoms with Crippen molar-refractivity contribution in [2.75, 3.05) is 0 Å². The van der Waals surface area contributed by atoms with Gasteiger partial charge < -0.3 is 0 Å². The Morgan fingerprint density at radius 1 is 0.412 bits per heavy atom. The van der Waals surface area contributed by atoms with Crippen molar-refractivity contribution in [1.82, 2.24) is 0 Å². The van der Waals surface area contributed by atoms with Crippen LogP contribution in [0.2, 0.25) is 0 Å². The SMILES string of the molecule is C=CCCCCC.C=CCCCCC.CC=CCCCC.CCC=CCC.CCC=CCCC. The van der Waals surface area contributed by atoms with Crippen LogP contribution < -0.4 is 0 Å². The normalized spacial score (nSPS) is 9.76. The molecule has 0 aromatic rings. The van der Waals surface area contributed by atoms with E-state index < -0.39 is 0 Å². The molecule has 0 bridgehead atoms. The molecule has 0 radical (unpaired) electrons. The van der Waals surface area contributed by atoms with E-state index in [0.717, 1.165) is 0 Å². The van der Waals surface area contributed by atoms with Gasteiger partial charge in [-0.25, -0.2) is 0 Å². The van der Waals surface area contributed by atoms with Crippen molar-refractivity contribution in [2.24, 2.45) is 0 Å². The van der Waals surface area contributed by atoms with Gasteiger partial charge in [0.25, 0.3) is 0 Å². The standard InChI is InChI=1S/4C7H14.C6H12/c4*1-3-5-7-6-4-2;1-3-5-6-4-2/h5,7H,3-4,6H2,1-2H3;3,5H,4,6-7H2,1-2H3;2*3H,1,4-7H2,2H3;5-6H,3-4H2,1-2H3. The van der Waals surface area contributed by atoms with Crippen molar-refractivity contribution in [3.8, 4) is 0 Å². The van der Waals surface area contributed by atoms with E-state index in [1.807, 2.05) is 12.2 Å². The lowest BCUT2D eigenvalue weighted by molar-refractivity contribution is 0.730. The number of unbranched alkanes of at least 4 members (excludes halogenated alkanes) is 9. The second-order valence-electron chi connectivity index (χ2n) is 8.24. The molecule has 0 aliphatic heterocycles. The molecule has 0 aliphatic rings. The zero-order valence-electron chi connectivity index (χ0n) is 25.3. The molecule has 0 aromatic carbocycles. The summed E-state index contributed by atoms with van der Waals surface area (Å²) in [5.74, 6) is 0. The average Bonchev–Trinajstić information content (AvgIpc) is 2.86. The zero-order chi connectivity index (χ0) is 27.0. The molecular weight excluding hydrogens is 408 g/mol. The minimum Gasteiger partial charge on any atom is -0.103 e. The maximum Gasteiger partial charge on any atom is -0.0351 e. The third kappa shape index (κ3) is 86.4. The molecule has 0 spiro atoms. The zero-order valence-corrected chi connectivity index (χ0v) is 25.3. The van der Waals surface area contributed by atoms with E-state index in [-0.39, 0.29) is 0 Å². The highest BCUT2D eigenvalue weighted by Crippen LogP contribution is 1.98. The predicted octanol–water partition coefficient (Wildman–Crippen LogP) is 13.4. The van der Waals surface area contributed by atoms with Gasteiger partial charge in [0.2, 0.25) is 0 Å². The minimum atomic E-state index is 1.17. The van der Waals surface area contributed by atoms with E-state index in [1.54, 1.807) is 0 Å².